The van der Waals surface area contributed by atoms with Gasteiger partial charge in [-0.2, -0.15) is 26.3 Å². The summed E-state index contributed by atoms with van der Waals surface area (Å²) >= 11 is 0. The molecule has 1 atom stereocenters. The van der Waals surface area contributed by atoms with E-state index in [0.717, 1.165) is 17.1 Å². The molecule has 0 saturated heterocycles. The number of alkyl halides is 6. The molecule has 260 valence electrons. The first-order valence-corrected chi connectivity index (χ1v) is 14.0. The molecule has 2 aromatic carbocycles. The van der Waals surface area contributed by atoms with Crippen molar-refractivity contribution in [2.24, 2.45) is 0 Å². The number of aryl methyl sites for hydroxylation is 1. The van der Waals surface area contributed by atoms with Gasteiger partial charge in [0.25, 0.3) is 5.91 Å². The Kier molecular flexibility index (Phi) is 13.2. The maximum atomic E-state index is 13.8. The van der Waals surface area contributed by atoms with Crippen LogP contribution >= 0.6 is 0 Å². The average Bonchev–Trinajstić information content (AvgIpc) is 2.98. The van der Waals surface area contributed by atoms with Gasteiger partial charge in [-0.15, -0.1) is 0 Å². The lowest BCUT2D eigenvalue weighted by molar-refractivity contribution is -0.143. The molecule has 8 nitrogen and oxygen atoms in total. The van der Waals surface area contributed by atoms with Crippen LogP contribution < -0.4 is 10.6 Å². The Morgan fingerprint density at radius 3 is 2.12 bits per heavy atom. The number of amides is 1. The molecule has 0 spiro atoms. The fraction of sp³-hybridized carbons (Fsp3) is 0.312. The predicted octanol–water partition coefficient (Wildman–Crippen LogP) is 7.06. The van der Waals surface area contributed by atoms with Crippen LogP contribution in [0.25, 0.3) is 16.5 Å². The van der Waals surface area contributed by atoms with Gasteiger partial charge in [0, 0.05) is 48.7 Å². The number of aliphatic carboxylic acids is 1. The summed E-state index contributed by atoms with van der Waals surface area (Å²) in [5.74, 6) is -5.56. The molecular formula is C32H32F8N4O4. The number of carboxylic acid groups (broad SMARTS) is 1. The number of aromatic nitrogens is 1. The lowest BCUT2D eigenvalue weighted by atomic mass is 9.93. The van der Waals surface area contributed by atoms with Gasteiger partial charge in [0.2, 0.25) is 0 Å². The number of halogens is 8. The normalized spacial score (nSPS) is 13.1. The number of nitrogens with one attached hydrogen (secondary N) is 2. The molecule has 0 aliphatic heterocycles. The van der Waals surface area contributed by atoms with Crippen LogP contribution in [0, 0.1) is 18.6 Å². The molecule has 3 rings (SSSR count). The summed E-state index contributed by atoms with van der Waals surface area (Å²) in [6, 6.07) is 6.07. The second-order valence-corrected chi connectivity index (χ2v) is 10.5. The third kappa shape index (κ3) is 10.2. The standard InChI is InChI=1S/C19H19F3N2O.C13H13F5N2O3/c1-12-7-8-15(18-14(12)6-5-9-23-18)16(11-25)13(2)17(10-24(3)4)19(20,21)22;1-2-9(13(16,17)18)20-6-3-7(14)11(8(15)4-6)12(23)19-5-10(21)22/h5-11H,1-4H3;3-4,9,20H,2,5H2,1H3,(H,19,23)(H,21,22)/b16-13+,17-10+;. The summed E-state index contributed by atoms with van der Waals surface area (Å²) in [6.07, 6.45) is -6.56. The smallest absolute Gasteiger partial charge is 0.418 e. The maximum Gasteiger partial charge on any atom is 0.418 e. The number of carbonyl (C=O) groups is 3. The molecule has 0 radical (unpaired) electrons. The molecule has 3 aromatic rings. The maximum absolute atomic E-state index is 13.8. The summed E-state index contributed by atoms with van der Waals surface area (Å²) < 4.78 is 106. The van der Waals surface area contributed by atoms with E-state index in [2.05, 4.69) is 4.98 Å². The minimum Gasteiger partial charge on any atom is -0.480 e. The molecule has 1 aromatic heterocycles. The molecule has 1 amide bonds. The fourth-order valence-electron chi connectivity index (χ4n) is 4.41. The fourth-order valence-corrected chi connectivity index (χ4v) is 4.41. The van der Waals surface area contributed by atoms with Crippen LogP contribution in [-0.2, 0) is 9.59 Å². The molecule has 1 unspecified atom stereocenters. The Morgan fingerprint density at radius 2 is 1.65 bits per heavy atom. The zero-order valence-electron chi connectivity index (χ0n) is 26.3. The van der Waals surface area contributed by atoms with E-state index < -0.39 is 65.3 Å². The third-order valence-corrected chi connectivity index (χ3v) is 6.71. The number of hydrogen-bond acceptors (Lipinski definition) is 6. The van der Waals surface area contributed by atoms with Crippen molar-refractivity contribution < 1.29 is 54.6 Å². The molecular weight excluding hydrogens is 656 g/mol. The Hall–Kier alpha value is -5.02. The number of carboxylic acids is 1. The van der Waals surface area contributed by atoms with E-state index in [1.165, 1.54) is 32.8 Å². The number of hydrogen-bond donors (Lipinski definition) is 3. The van der Waals surface area contributed by atoms with Gasteiger partial charge in [0.15, 0.2) is 6.29 Å². The second-order valence-electron chi connectivity index (χ2n) is 10.5. The van der Waals surface area contributed by atoms with Crippen molar-refractivity contribution in [2.45, 2.75) is 45.6 Å². The van der Waals surface area contributed by atoms with E-state index in [4.69, 9.17) is 5.11 Å². The predicted molar refractivity (Wildman–Crippen MR) is 163 cm³/mol. The summed E-state index contributed by atoms with van der Waals surface area (Å²) in [5, 5.41) is 12.9. The quantitative estimate of drug-likeness (QED) is 0.0906. The zero-order chi connectivity index (χ0) is 36.6. The van der Waals surface area contributed by atoms with Crippen molar-refractivity contribution in [3.63, 3.8) is 0 Å². The summed E-state index contributed by atoms with van der Waals surface area (Å²) in [6.45, 7) is 3.58. The van der Waals surface area contributed by atoms with E-state index in [1.54, 1.807) is 29.7 Å². The molecule has 0 bridgehead atoms. The van der Waals surface area contributed by atoms with E-state index in [9.17, 15) is 49.5 Å². The first kappa shape index (κ1) is 39.2. The van der Waals surface area contributed by atoms with Crippen LogP contribution in [0.4, 0.5) is 40.8 Å². The molecule has 0 aliphatic carbocycles. The number of benzene rings is 2. The first-order chi connectivity index (χ1) is 22.2. The van der Waals surface area contributed by atoms with Crippen molar-refractivity contribution in [2.75, 3.05) is 26.0 Å². The van der Waals surface area contributed by atoms with Gasteiger partial charge in [0.05, 0.1) is 11.1 Å². The molecule has 16 heteroatoms. The Bertz CT molecular complexity index is 1690. The number of nitrogens with zero attached hydrogens (tertiary/aromatic N) is 2. The van der Waals surface area contributed by atoms with Gasteiger partial charge >= 0.3 is 18.3 Å². The van der Waals surface area contributed by atoms with Crippen molar-refractivity contribution in [3.8, 4) is 0 Å². The molecule has 1 heterocycles. The van der Waals surface area contributed by atoms with Crippen LogP contribution in [0.5, 0.6) is 0 Å². The van der Waals surface area contributed by atoms with Crippen LogP contribution in [0.15, 0.2) is 59.9 Å². The van der Waals surface area contributed by atoms with Crippen LogP contribution in [0.3, 0.4) is 0 Å². The number of pyridine rings is 1. The van der Waals surface area contributed by atoms with Crippen LogP contribution in [0.2, 0.25) is 0 Å². The third-order valence-electron chi connectivity index (χ3n) is 6.71. The van der Waals surface area contributed by atoms with E-state index in [1.807, 2.05) is 18.3 Å². The number of aldehydes is 1. The van der Waals surface area contributed by atoms with Crippen molar-refractivity contribution in [3.05, 3.63) is 88.3 Å². The molecule has 0 aliphatic rings. The number of fused-ring (bicyclic) bond motifs is 1. The van der Waals surface area contributed by atoms with Gasteiger partial charge in [-0.25, -0.2) is 8.78 Å². The Labute approximate surface area is 270 Å². The molecule has 48 heavy (non-hydrogen) atoms. The Balaban J connectivity index is 0.000000335. The van der Waals surface area contributed by atoms with Gasteiger partial charge in [-0.05, 0) is 49.6 Å². The number of rotatable bonds is 10. The van der Waals surface area contributed by atoms with Gasteiger partial charge in [0.1, 0.15) is 29.8 Å². The van der Waals surface area contributed by atoms with Gasteiger partial charge < -0.3 is 20.6 Å². The second kappa shape index (κ2) is 16.2. The highest BCUT2D eigenvalue weighted by molar-refractivity contribution is 6.14. The number of anilines is 1. The summed E-state index contributed by atoms with van der Waals surface area (Å²) in [5.41, 5.74) is -0.728. The molecule has 0 fully saturated rings. The van der Waals surface area contributed by atoms with E-state index >= 15 is 0 Å². The highest BCUT2D eigenvalue weighted by atomic mass is 19.4. The average molecular weight is 689 g/mol. The van der Waals surface area contributed by atoms with Crippen molar-refractivity contribution in [1.82, 2.24) is 15.2 Å². The molecule has 0 saturated carbocycles. The Morgan fingerprint density at radius 1 is 1.04 bits per heavy atom. The molecule has 3 N–H and O–H groups in total. The highest BCUT2D eigenvalue weighted by Gasteiger charge is 2.38. The first-order valence-electron chi connectivity index (χ1n) is 14.0. The number of allylic oxidation sites excluding steroid dienone is 3. The lowest BCUT2D eigenvalue weighted by Crippen LogP contribution is -2.35. The topological polar surface area (TPSA) is 112 Å². The minimum atomic E-state index is -4.61. The SMILES string of the molecule is CC(=C(/C=O)c1ccc(C)c2cccnc12)/C(=C\N(C)C)C(F)(F)F.CCC(Nc1cc(F)c(C(=O)NCC(=O)O)c(F)c1)C(F)(F)F. The van der Waals surface area contributed by atoms with Crippen molar-refractivity contribution >= 4 is 40.3 Å². The van der Waals surface area contributed by atoms with Gasteiger partial charge in [-0.3, -0.25) is 19.4 Å². The number of carbonyl (C=O) groups excluding carboxylic acids is 2. The lowest BCUT2D eigenvalue weighted by Gasteiger charge is -2.21. The van der Waals surface area contributed by atoms with Gasteiger partial charge in [-0.1, -0.05) is 25.1 Å². The zero-order valence-corrected chi connectivity index (χ0v) is 26.3. The summed E-state index contributed by atoms with van der Waals surface area (Å²) in [4.78, 5) is 39.0. The van der Waals surface area contributed by atoms with Crippen molar-refractivity contribution in [1.29, 1.82) is 0 Å². The van der Waals surface area contributed by atoms with Crippen LogP contribution in [0.1, 0.15) is 41.8 Å². The minimum absolute atomic E-state index is 0.0193. The highest BCUT2D eigenvalue weighted by Crippen LogP contribution is 2.36. The monoisotopic (exact) mass is 688 g/mol. The van der Waals surface area contributed by atoms with E-state index in [0.29, 0.717) is 29.5 Å². The summed E-state index contributed by atoms with van der Waals surface area (Å²) in [7, 11) is 3.00. The van der Waals surface area contributed by atoms with E-state index in [-0.39, 0.29) is 17.6 Å². The van der Waals surface area contributed by atoms with Crippen LogP contribution in [-0.4, -0.2) is 72.2 Å². The largest absolute Gasteiger partial charge is 0.480 e.